The Hall–Kier alpha value is -0.710. The molecule has 2 heterocycles. The maximum atomic E-state index is 6.01. The molecule has 0 aliphatic carbocycles. The van der Waals surface area contributed by atoms with Gasteiger partial charge in [-0.2, -0.15) is 0 Å². The van der Waals surface area contributed by atoms with E-state index in [4.69, 9.17) is 29.0 Å². The maximum absolute atomic E-state index is 6.01. The molecule has 3 N–H and O–H groups in total. The molecule has 2 rings (SSSR count). The molecule has 0 aromatic carbocycles. The van der Waals surface area contributed by atoms with Gasteiger partial charge in [0.05, 0.1) is 10.0 Å². The van der Waals surface area contributed by atoms with Crippen LogP contribution < -0.4 is 16.2 Å². The molecule has 14 heavy (non-hydrogen) atoms. The van der Waals surface area contributed by atoms with E-state index in [9.17, 15) is 0 Å². The van der Waals surface area contributed by atoms with Crippen molar-refractivity contribution in [2.45, 2.75) is 6.42 Å². The zero-order chi connectivity index (χ0) is 10.1. The van der Waals surface area contributed by atoms with E-state index in [1.165, 1.54) is 6.42 Å². The minimum absolute atomic E-state index is 0.432. The van der Waals surface area contributed by atoms with Crippen molar-refractivity contribution < 1.29 is 0 Å². The second-order valence-electron chi connectivity index (χ2n) is 3.11. The predicted molar refractivity (Wildman–Crippen MR) is 58.9 cm³/mol. The fourth-order valence-corrected chi connectivity index (χ4v) is 1.84. The lowest BCUT2D eigenvalue weighted by Crippen LogP contribution is -2.38. The average Bonchev–Trinajstić information content (AvgIpc) is 2.06. The third-order valence-corrected chi connectivity index (χ3v) is 2.77. The number of hydrogen-bond donors (Lipinski definition) is 2. The van der Waals surface area contributed by atoms with Gasteiger partial charge in [-0.15, -0.1) is 0 Å². The smallest absolute Gasteiger partial charge is 0.161 e. The normalized spacial score (nSPS) is 15.2. The molecule has 0 bridgehead atoms. The standard InChI is InChI=1S/C8H10Cl2N4/c9-5-4-6(10)8(12-7(5)13-11)14-2-1-3-14/h4H,1-3,11H2,(H,12,13). The number of nitrogens with one attached hydrogen (secondary N) is 1. The van der Waals surface area contributed by atoms with Gasteiger partial charge in [0.2, 0.25) is 0 Å². The van der Waals surface area contributed by atoms with Crippen molar-refractivity contribution in [3.05, 3.63) is 16.1 Å². The lowest BCUT2D eigenvalue weighted by atomic mass is 10.2. The highest BCUT2D eigenvalue weighted by atomic mass is 35.5. The summed E-state index contributed by atoms with van der Waals surface area (Å²) in [6.45, 7) is 1.97. The number of halogens is 2. The Labute approximate surface area is 92.0 Å². The van der Waals surface area contributed by atoms with E-state index in [-0.39, 0.29) is 0 Å². The Morgan fingerprint density at radius 2 is 2.07 bits per heavy atom. The summed E-state index contributed by atoms with van der Waals surface area (Å²) in [5.74, 6) is 6.47. The molecule has 0 spiro atoms. The van der Waals surface area contributed by atoms with Crippen LogP contribution in [0.5, 0.6) is 0 Å². The summed E-state index contributed by atoms with van der Waals surface area (Å²) in [4.78, 5) is 6.32. The Balaban J connectivity index is 2.38. The summed E-state index contributed by atoms with van der Waals surface area (Å²) in [6, 6.07) is 1.65. The van der Waals surface area contributed by atoms with Crippen molar-refractivity contribution in [2.75, 3.05) is 23.4 Å². The number of rotatable bonds is 2. The molecule has 1 saturated heterocycles. The van der Waals surface area contributed by atoms with Crippen LogP contribution in [0.4, 0.5) is 11.6 Å². The molecule has 6 heteroatoms. The highest BCUT2D eigenvalue weighted by Gasteiger charge is 2.20. The van der Waals surface area contributed by atoms with Gasteiger partial charge < -0.3 is 10.3 Å². The molecule has 4 nitrogen and oxygen atoms in total. The second kappa shape index (κ2) is 3.81. The molecule has 0 radical (unpaired) electrons. The fourth-order valence-electron chi connectivity index (χ4n) is 1.31. The number of anilines is 2. The Morgan fingerprint density at radius 3 is 2.57 bits per heavy atom. The highest BCUT2D eigenvalue weighted by molar-refractivity contribution is 6.37. The van der Waals surface area contributed by atoms with Crippen LogP contribution in [-0.4, -0.2) is 18.1 Å². The molecule has 1 aliphatic heterocycles. The molecular formula is C8H10Cl2N4. The van der Waals surface area contributed by atoms with E-state index < -0.39 is 0 Å². The Bertz CT molecular complexity index is 351. The van der Waals surface area contributed by atoms with E-state index in [2.05, 4.69) is 15.3 Å². The topological polar surface area (TPSA) is 54.2 Å². The van der Waals surface area contributed by atoms with Crippen molar-refractivity contribution in [2.24, 2.45) is 5.84 Å². The first-order chi connectivity index (χ1) is 6.72. The third kappa shape index (κ3) is 1.61. The van der Waals surface area contributed by atoms with Crippen LogP contribution in [0.1, 0.15) is 6.42 Å². The average molecular weight is 233 g/mol. The van der Waals surface area contributed by atoms with Crippen LogP contribution in [0.3, 0.4) is 0 Å². The van der Waals surface area contributed by atoms with Gasteiger partial charge in [-0.05, 0) is 12.5 Å². The molecule has 76 valence electrons. The van der Waals surface area contributed by atoms with E-state index in [1.807, 2.05) is 0 Å². The SMILES string of the molecule is NNc1nc(N2CCC2)c(Cl)cc1Cl. The minimum Gasteiger partial charge on any atom is -0.355 e. The largest absolute Gasteiger partial charge is 0.355 e. The summed E-state index contributed by atoms with van der Waals surface area (Å²) in [5, 5.41) is 0.996. The molecule has 1 aromatic rings. The number of pyridine rings is 1. The first kappa shape index (κ1) is 9.83. The van der Waals surface area contributed by atoms with Crippen LogP contribution >= 0.6 is 23.2 Å². The predicted octanol–water partition coefficient (Wildman–Crippen LogP) is 1.88. The van der Waals surface area contributed by atoms with Crippen LogP contribution in [0.25, 0.3) is 0 Å². The van der Waals surface area contributed by atoms with Gasteiger partial charge in [-0.3, -0.25) is 0 Å². The quantitative estimate of drug-likeness (QED) is 0.604. The summed E-state index contributed by atoms with van der Waals surface area (Å²) >= 11 is 11.9. The van der Waals surface area contributed by atoms with Crippen molar-refractivity contribution in [1.29, 1.82) is 0 Å². The molecular weight excluding hydrogens is 223 g/mol. The zero-order valence-electron chi connectivity index (χ0n) is 7.43. The summed E-state index contributed by atoms with van der Waals surface area (Å²) in [6.07, 6.45) is 1.17. The van der Waals surface area contributed by atoms with E-state index in [1.54, 1.807) is 6.07 Å². The Kier molecular flexibility index (Phi) is 2.67. The van der Waals surface area contributed by atoms with Crippen molar-refractivity contribution in [3.8, 4) is 0 Å². The molecule has 1 aliphatic rings. The van der Waals surface area contributed by atoms with Crippen molar-refractivity contribution in [1.82, 2.24) is 4.98 Å². The van der Waals surface area contributed by atoms with Crippen molar-refractivity contribution >= 4 is 34.8 Å². The summed E-state index contributed by atoms with van der Waals surface area (Å²) in [5.41, 5.74) is 2.44. The number of hydrogen-bond acceptors (Lipinski definition) is 4. The van der Waals surface area contributed by atoms with E-state index in [0.717, 1.165) is 18.9 Å². The van der Waals surface area contributed by atoms with Gasteiger partial charge in [-0.25, -0.2) is 10.8 Å². The summed E-state index contributed by atoms with van der Waals surface area (Å²) < 4.78 is 0. The van der Waals surface area contributed by atoms with Gasteiger partial charge in [0.25, 0.3) is 0 Å². The van der Waals surface area contributed by atoms with E-state index in [0.29, 0.717) is 15.9 Å². The number of hydrazine groups is 1. The highest BCUT2D eigenvalue weighted by Crippen LogP contribution is 2.32. The molecule has 1 aromatic heterocycles. The van der Waals surface area contributed by atoms with Crippen LogP contribution in [0.2, 0.25) is 10.0 Å². The van der Waals surface area contributed by atoms with Gasteiger partial charge in [-0.1, -0.05) is 23.2 Å². The number of nitrogen functional groups attached to an aromatic ring is 1. The van der Waals surface area contributed by atoms with Gasteiger partial charge in [0.1, 0.15) is 5.82 Å². The Morgan fingerprint density at radius 1 is 1.36 bits per heavy atom. The molecule has 0 atom stereocenters. The molecule has 0 saturated carbocycles. The van der Waals surface area contributed by atoms with Crippen molar-refractivity contribution in [3.63, 3.8) is 0 Å². The van der Waals surface area contributed by atoms with Crippen LogP contribution in [0, 0.1) is 0 Å². The van der Waals surface area contributed by atoms with Crippen LogP contribution in [-0.2, 0) is 0 Å². The number of nitrogens with zero attached hydrogens (tertiary/aromatic N) is 2. The van der Waals surface area contributed by atoms with E-state index >= 15 is 0 Å². The molecule has 0 unspecified atom stereocenters. The zero-order valence-corrected chi connectivity index (χ0v) is 8.94. The lowest BCUT2D eigenvalue weighted by molar-refractivity contribution is 0.610. The molecule has 0 amide bonds. The first-order valence-electron chi connectivity index (χ1n) is 4.30. The monoisotopic (exact) mass is 232 g/mol. The number of aromatic nitrogens is 1. The second-order valence-corrected chi connectivity index (χ2v) is 3.92. The lowest BCUT2D eigenvalue weighted by Gasteiger charge is -2.32. The number of nitrogens with two attached hydrogens (primary N) is 1. The minimum atomic E-state index is 0.432. The van der Waals surface area contributed by atoms with Gasteiger partial charge >= 0.3 is 0 Å². The van der Waals surface area contributed by atoms with Gasteiger partial charge in [0, 0.05) is 13.1 Å². The third-order valence-electron chi connectivity index (χ3n) is 2.20. The maximum Gasteiger partial charge on any atom is 0.161 e. The van der Waals surface area contributed by atoms with Crippen LogP contribution in [0.15, 0.2) is 6.07 Å². The molecule has 1 fully saturated rings. The summed E-state index contributed by atoms with van der Waals surface area (Å²) in [7, 11) is 0. The first-order valence-corrected chi connectivity index (χ1v) is 5.05. The fraction of sp³-hybridized carbons (Fsp3) is 0.375. The van der Waals surface area contributed by atoms with Gasteiger partial charge in [0.15, 0.2) is 5.82 Å².